The first-order valence-electron chi connectivity index (χ1n) is 4.59. The summed E-state index contributed by atoms with van der Waals surface area (Å²) in [5.41, 5.74) is 0.387. The molecule has 0 saturated carbocycles. The Morgan fingerprint density at radius 2 is 2.11 bits per heavy atom. The molecule has 2 heterocycles. The first-order chi connectivity index (χ1) is 8.42. The maximum absolute atomic E-state index is 12.2. The fourth-order valence-corrected chi connectivity index (χ4v) is 3.92. The Bertz CT molecular complexity index is 665. The zero-order chi connectivity index (χ0) is 13.3. The minimum atomic E-state index is -3.77. The van der Waals surface area contributed by atoms with E-state index in [4.69, 9.17) is 0 Å². The van der Waals surface area contributed by atoms with Crippen LogP contribution in [0, 0.1) is 0 Å². The van der Waals surface area contributed by atoms with Gasteiger partial charge in [0, 0.05) is 19.4 Å². The summed E-state index contributed by atoms with van der Waals surface area (Å²) >= 11 is 6.26. The SMILES string of the molecule is Cn1nnc(Br)c1S(=O)(=O)Nc1ccncc1Br. The highest BCUT2D eigenvalue weighted by Crippen LogP contribution is 2.25. The van der Waals surface area contributed by atoms with Crippen LogP contribution in [0.25, 0.3) is 0 Å². The Kier molecular flexibility index (Phi) is 3.69. The van der Waals surface area contributed by atoms with Crippen molar-refractivity contribution in [3.05, 3.63) is 27.5 Å². The molecule has 0 amide bonds. The quantitative estimate of drug-likeness (QED) is 0.849. The van der Waals surface area contributed by atoms with Crippen molar-refractivity contribution in [1.29, 1.82) is 0 Å². The number of anilines is 1. The summed E-state index contributed by atoms with van der Waals surface area (Å²) in [5.74, 6) is 0. The lowest BCUT2D eigenvalue weighted by Crippen LogP contribution is -2.17. The molecule has 2 aromatic heterocycles. The summed E-state index contributed by atoms with van der Waals surface area (Å²) in [6.45, 7) is 0. The van der Waals surface area contributed by atoms with E-state index in [0.717, 1.165) is 0 Å². The van der Waals surface area contributed by atoms with Gasteiger partial charge in [-0.3, -0.25) is 9.71 Å². The summed E-state index contributed by atoms with van der Waals surface area (Å²) in [6.07, 6.45) is 2.98. The number of hydrogen-bond acceptors (Lipinski definition) is 5. The van der Waals surface area contributed by atoms with Crippen LogP contribution in [0.4, 0.5) is 5.69 Å². The molecule has 7 nitrogen and oxygen atoms in total. The van der Waals surface area contributed by atoms with E-state index in [-0.39, 0.29) is 9.63 Å². The van der Waals surface area contributed by atoms with Crippen molar-refractivity contribution < 1.29 is 8.42 Å². The second kappa shape index (κ2) is 4.94. The highest BCUT2D eigenvalue weighted by molar-refractivity contribution is 9.10. The van der Waals surface area contributed by atoms with Crippen molar-refractivity contribution in [2.75, 3.05) is 4.72 Å². The monoisotopic (exact) mass is 395 g/mol. The molecule has 0 fully saturated rings. The third-order valence-electron chi connectivity index (χ3n) is 2.01. The van der Waals surface area contributed by atoms with Gasteiger partial charge in [0.15, 0.2) is 4.60 Å². The molecule has 2 rings (SSSR count). The van der Waals surface area contributed by atoms with E-state index in [1.807, 2.05) is 0 Å². The predicted molar refractivity (Wildman–Crippen MR) is 71.4 cm³/mol. The van der Waals surface area contributed by atoms with E-state index in [0.29, 0.717) is 10.2 Å². The van der Waals surface area contributed by atoms with Crippen molar-refractivity contribution in [2.24, 2.45) is 7.05 Å². The third-order valence-corrected chi connectivity index (χ3v) is 4.89. The minimum Gasteiger partial charge on any atom is -0.277 e. The van der Waals surface area contributed by atoms with Crippen molar-refractivity contribution in [1.82, 2.24) is 20.0 Å². The highest BCUT2D eigenvalue weighted by atomic mass is 79.9. The first-order valence-corrected chi connectivity index (χ1v) is 7.66. The molecule has 0 atom stereocenters. The van der Waals surface area contributed by atoms with Crippen LogP contribution in [-0.4, -0.2) is 28.4 Å². The molecule has 0 bridgehead atoms. The van der Waals surface area contributed by atoms with E-state index in [2.05, 4.69) is 51.9 Å². The van der Waals surface area contributed by atoms with Gasteiger partial charge in [0.25, 0.3) is 10.0 Å². The van der Waals surface area contributed by atoms with Crippen molar-refractivity contribution in [3.63, 3.8) is 0 Å². The maximum atomic E-state index is 12.2. The first kappa shape index (κ1) is 13.4. The molecular formula is C8H7Br2N5O2S. The third kappa shape index (κ3) is 2.54. The summed E-state index contributed by atoms with van der Waals surface area (Å²) in [7, 11) is -2.28. The average molecular weight is 397 g/mol. The smallest absolute Gasteiger partial charge is 0.277 e. The number of hydrogen-bond donors (Lipinski definition) is 1. The fraction of sp³-hybridized carbons (Fsp3) is 0.125. The Labute approximate surface area is 120 Å². The summed E-state index contributed by atoms with van der Waals surface area (Å²) < 4.78 is 28.6. The number of aromatic nitrogens is 4. The zero-order valence-corrected chi connectivity index (χ0v) is 13.0. The lowest BCUT2D eigenvalue weighted by Gasteiger charge is -2.08. The van der Waals surface area contributed by atoms with Crippen LogP contribution in [0.15, 0.2) is 32.6 Å². The topological polar surface area (TPSA) is 89.8 Å². The molecular weight excluding hydrogens is 390 g/mol. The molecule has 1 N–H and O–H groups in total. The van der Waals surface area contributed by atoms with E-state index >= 15 is 0 Å². The Balaban J connectivity index is 2.43. The van der Waals surface area contributed by atoms with Gasteiger partial charge in [-0.25, -0.2) is 4.68 Å². The Morgan fingerprint density at radius 1 is 1.39 bits per heavy atom. The zero-order valence-electron chi connectivity index (χ0n) is 9.00. The van der Waals surface area contributed by atoms with Crippen LogP contribution in [0.2, 0.25) is 0 Å². The van der Waals surface area contributed by atoms with Crippen molar-refractivity contribution in [2.45, 2.75) is 5.03 Å². The number of pyridine rings is 1. The van der Waals surface area contributed by atoms with Gasteiger partial charge in [-0.15, -0.1) is 5.10 Å². The molecule has 10 heteroatoms. The molecule has 0 spiro atoms. The average Bonchev–Trinajstić information content (AvgIpc) is 2.62. The molecule has 0 aromatic carbocycles. The van der Waals surface area contributed by atoms with Crippen LogP contribution in [0.1, 0.15) is 0 Å². The molecule has 0 aliphatic rings. The van der Waals surface area contributed by atoms with Gasteiger partial charge in [0.05, 0.1) is 10.2 Å². The van der Waals surface area contributed by atoms with Crippen LogP contribution in [-0.2, 0) is 17.1 Å². The summed E-state index contributed by atoms with van der Waals surface area (Å²) in [4.78, 5) is 3.85. The van der Waals surface area contributed by atoms with Crippen LogP contribution in [0.5, 0.6) is 0 Å². The van der Waals surface area contributed by atoms with Crippen LogP contribution < -0.4 is 4.72 Å². The molecule has 0 saturated heterocycles. The maximum Gasteiger partial charge on any atom is 0.281 e. The van der Waals surface area contributed by atoms with Gasteiger partial charge < -0.3 is 0 Å². The molecule has 0 radical (unpaired) electrons. The van der Waals surface area contributed by atoms with E-state index in [9.17, 15) is 8.42 Å². The number of nitrogens with one attached hydrogen (secondary N) is 1. The van der Waals surface area contributed by atoms with Gasteiger partial charge in [-0.05, 0) is 37.9 Å². The number of aryl methyl sites for hydroxylation is 1. The standard InChI is InChI=1S/C8H7Br2N5O2S/c1-15-8(7(10)12-14-15)18(16,17)13-6-2-3-11-4-5(6)9/h2-4H,1H3,(H,11,13). The predicted octanol–water partition coefficient (Wildman–Crippen LogP) is 1.54. The number of nitrogens with zero attached hydrogens (tertiary/aromatic N) is 4. The summed E-state index contributed by atoms with van der Waals surface area (Å²) in [5, 5.41) is 7.21. The van der Waals surface area contributed by atoms with Gasteiger partial charge in [0.1, 0.15) is 0 Å². The molecule has 2 aromatic rings. The fourth-order valence-electron chi connectivity index (χ4n) is 1.26. The van der Waals surface area contributed by atoms with E-state index in [1.165, 1.54) is 24.1 Å². The number of sulfonamides is 1. The molecule has 0 unspecified atom stereocenters. The van der Waals surface area contributed by atoms with Crippen LogP contribution in [0.3, 0.4) is 0 Å². The van der Waals surface area contributed by atoms with Gasteiger partial charge in [-0.2, -0.15) is 8.42 Å². The van der Waals surface area contributed by atoms with E-state index in [1.54, 1.807) is 6.07 Å². The Hall–Kier alpha value is -1.00. The minimum absolute atomic E-state index is 0.0498. The van der Waals surface area contributed by atoms with Crippen molar-refractivity contribution >= 4 is 47.6 Å². The van der Waals surface area contributed by atoms with Crippen molar-refractivity contribution in [3.8, 4) is 0 Å². The molecule has 0 aliphatic carbocycles. The van der Waals surface area contributed by atoms with Crippen LogP contribution >= 0.6 is 31.9 Å². The van der Waals surface area contributed by atoms with Gasteiger partial charge in [-0.1, -0.05) is 5.21 Å². The lowest BCUT2D eigenvalue weighted by atomic mass is 10.4. The largest absolute Gasteiger partial charge is 0.281 e. The molecule has 18 heavy (non-hydrogen) atoms. The molecule has 96 valence electrons. The number of halogens is 2. The van der Waals surface area contributed by atoms with Gasteiger partial charge in [0.2, 0.25) is 5.03 Å². The number of rotatable bonds is 3. The normalized spacial score (nSPS) is 11.5. The second-order valence-corrected chi connectivity index (χ2v) is 6.47. The van der Waals surface area contributed by atoms with Gasteiger partial charge >= 0.3 is 0 Å². The Morgan fingerprint density at radius 3 is 2.67 bits per heavy atom. The summed E-state index contributed by atoms with van der Waals surface area (Å²) in [6, 6.07) is 1.54. The van der Waals surface area contributed by atoms with E-state index < -0.39 is 10.0 Å². The second-order valence-electron chi connectivity index (χ2n) is 3.27. The highest BCUT2D eigenvalue weighted by Gasteiger charge is 2.24. The lowest BCUT2D eigenvalue weighted by molar-refractivity contribution is 0.578. The molecule has 0 aliphatic heterocycles.